The number of halogens is 1. The van der Waals surface area contributed by atoms with Crippen LogP contribution < -0.4 is 15.8 Å². The van der Waals surface area contributed by atoms with Crippen molar-refractivity contribution in [2.24, 2.45) is 5.73 Å². The van der Waals surface area contributed by atoms with Gasteiger partial charge in [-0.15, -0.1) is 0 Å². The monoisotopic (exact) mass is 386 g/mol. The van der Waals surface area contributed by atoms with Crippen LogP contribution in [-0.2, 0) is 4.79 Å². The minimum Gasteiger partial charge on any atom is -0.490 e. The number of nitrogens with one attached hydrogen (secondary N) is 1. The van der Waals surface area contributed by atoms with Crippen molar-refractivity contribution < 1.29 is 13.9 Å². The molecule has 0 heterocycles. The van der Waals surface area contributed by atoms with Crippen molar-refractivity contribution in [3.63, 3.8) is 0 Å². The average molecular weight is 387 g/mol. The zero-order chi connectivity index (χ0) is 20.7. The summed E-state index contributed by atoms with van der Waals surface area (Å²) in [5, 5.41) is 2.78. The summed E-state index contributed by atoms with van der Waals surface area (Å²) in [5.74, 6) is 0.276. The molecular formula is C23H31FN2O2. The van der Waals surface area contributed by atoms with Crippen molar-refractivity contribution in [1.82, 2.24) is 5.32 Å². The van der Waals surface area contributed by atoms with Crippen LogP contribution in [0.3, 0.4) is 0 Å². The van der Waals surface area contributed by atoms with E-state index in [1.54, 1.807) is 12.1 Å². The Hall–Kier alpha value is -2.40. The number of carbonyl (C=O) groups is 1. The van der Waals surface area contributed by atoms with Crippen LogP contribution in [0, 0.1) is 26.6 Å². The summed E-state index contributed by atoms with van der Waals surface area (Å²) in [6, 6.07) is 12.4. The van der Waals surface area contributed by atoms with Crippen LogP contribution in [0.25, 0.3) is 0 Å². The lowest BCUT2D eigenvalue weighted by Gasteiger charge is -2.37. The van der Waals surface area contributed by atoms with Gasteiger partial charge in [-0.2, -0.15) is 0 Å². The SMILES string of the molecule is CC(=O)NC1(N)CCC(Oc2ccc(F)cc2)CC1.Cc1cccc(C)c1C. The lowest BCUT2D eigenvalue weighted by atomic mass is 9.87. The number of ether oxygens (including phenoxy) is 1. The summed E-state index contributed by atoms with van der Waals surface area (Å²) in [6.07, 6.45) is 2.97. The van der Waals surface area contributed by atoms with Crippen LogP contribution in [0.4, 0.5) is 4.39 Å². The van der Waals surface area contributed by atoms with E-state index in [0.717, 1.165) is 12.8 Å². The quantitative estimate of drug-likeness (QED) is 0.761. The third-order valence-corrected chi connectivity index (χ3v) is 5.24. The first kappa shape index (κ1) is 21.9. The van der Waals surface area contributed by atoms with Gasteiger partial charge in [0.2, 0.25) is 5.91 Å². The molecule has 0 unspecified atom stereocenters. The molecule has 0 spiro atoms. The molecule has 0 atom stereocenters. The number of amides is 1. The largest absolute Gasteiger partial charge is 0.490 e. The van der Waals surface area contributed by atoms with E-state index in [1.807, 2.05) is 0 Å². The second-order valence-corrected chi connectivity index (χ2v) is 7.63. The van der Waals surface area contributed by atoms with Crippen molar-refractivity contribution in [2.45, 2.75) is 65.1 Å². The fourth-order valence-corrected chi connectivity index (χ4v) is 3.30. The number of hydrogen-bond donors (Lipinski definition) is 2. The van der Waals surface area contributed by atoms with Crippen LogP contribution in [0.15, 0.2) is 42.5 Å². The number of aryl methyl sites for hydroxylation is 2. The highest BCUT2D eigenvalue weighted by atomic mass is 19.1. The molecule has 1 saturated carbocycles. The van der Waals surface area contributed by atoms with Gasteiger partial charge < -0.3 is 15.8 Å². The number of rotatable bonds is 3. The zero-order valence-corrected chi connectivity index (χ0v) is 17.2. The van der Waals surface area contributed by atoms with Gasteiger partial charge in [0, 0.05) is 6.92 Å². The van der Waals surface area contributed by atoms with Crippen molar-refractivity contribution in [3.05, 3.63) is 65.0 Å². The molecule has 1 aliphatic rings. The molecule has 3 rings (SSSR count). The minimum atomic E-state index is -0.617. The van der Waals surface area contributed by atoms with Gasteiger partial charge in [0.15, 0.2) is 0 Å². The smallest absolute Gasteiger partial charge is 0.218 e. The molecule has 3 N–H and O–H groups in total. The molecule has 0 radical (unpaired) electrons. The Kier molecular flexibility index (Phi) is 7.58. The van der Waals surface area contributed by atoms with E-state index in [9.17, 15) is 9.18 Å². The molecule has 2 aromatic carbocycles. The summed E-state index contributed by atoms with van der Waals surface area (Å²) in [6.45, 7) is 7.91. The third-order valence-electron chi connectivity index (χ3n) is 5.24. The molecule has 0 saturated heterocycles. The lowest BCUT2D eigenvalue weighted by molar-refractivity contribution is -0.121. The first-order valence-corrected chi connectivity index (χ1v) is 9.71. The predicted molar refractivity (Wildman–Crippen MR) is 111 cm³/mol. The topological polar surface area (TPSA) is 64.4 Å². The Morgan fingerprint density at radius 1 is 1.07 bits per heavy atom. The molecule has 1 amide bonds. The molecule has 0 aromatic heterocycles. The molecule has 152 valence electrons. The molecule has 5 heteroatoms. The first-order valence-electron chi connectivity index (χ1n) is 9.71. The molecular weight excluding hydrogens is 355 g/mol. The van der Waals surface area contributed by atoms with Gasteiger partial charge in [-0.25, -0.2) is 4.39 Å². The molecule has 28 heavy (non-hydrogen) atoms. The Balaban J connectivity index is 0.000000261. The average Bonchev–Trinajstić information content (AvgIpc) is 2.63. The summed E-state index contributed by atoms with van der Waals surface area (Å²) in [5.41, 5.74) is 9.66. The van der Waals surface area contributed by atoms with Gasteiger partial charge in [0.1, 0.15) is 11.6 Å². The van der Waals surface area contributed by atoms with E-state index in [0.29, 0.717) is 18.6 Å². The Bertz CT molecular complexity index is 761. The van der Waals surface area contributed by atoms with E-state index < -0.39 is 5.66 Å². The van der Waals surface area contributed by atoms with Crippen molar-refractivity contribution in [1.29, 1.82) is 0 Å². The van der Waals surface area contributed by atoms with Crippen LogP contribution in [0.1, 0.15) is 49.3 Å². The standard InChI is InChI=1S/C14H19FN2O2.C9H12/c1-10(18)17-14(16)8-6-13(7-9-14)19-12-4-2-11(15)3-5-12;1-7-5-4-6-8(2)9(7)3/h2-5,13H,6-9,16H2,1H3,(H,17,18);4-6H,1-3H3. The fraction of sp³-hybridized carbons (Fsp3) is 0.435. The van der Waals surface area contributed by atoms with Gasteiger partial charge in [-0.3, -0.25) is 4.79 Å². The van der Waals surface area contributed by atoms with Crippen LogP contribution in [0.2, 0.25) is 0 Å². The van der Waals surface area contributed by atoms with E-state index in [2.05, 4.69) is 44.3 Å². The van der Waals surface area contributed by atoms with Gasteiger partial charge in [-0.1, -0.05) is 18.2 Å². The van der Waals surface area contributed by atoms with E-state index in [-0.39, 0.29) is 17.8 Å². The minimum absolute atomic E-state index is 0.0656. The Labute approximate surface area is 167 Å². The van der Waals surface area contributed by atoms with Crippen LogP contribution >= 0.6 is 0 Å². The van der Waals surface area contributed by atoms with Crippen LogP contribution in [0.5, 0.6) is 5.75 Å². The van der Waals surface area contributed by atoms with E-state index in [1.165, 1.54) is 35.7 Å². The Morgan fingerprint density at radius 2 is 1.61 bits per heavy atom. The van der Waals surface area contributed by atoms with Gasteiger partial charge in [0.25, 0.3) is 0 Å². The van der Waals surface area contributed by atoms with Crippen molar-refractivity contribution in [2.75, 3.05) is 0 Å². The molecule has 1 aliphatic carbocycles. The number of benzene rings is 2. The first-order chi connectivity index (χ1) is 13.2. The molecule has 1 fully saturated rings. The fourth-order valence-electron chi connectivity index (χ4n) is 3.30. The van der Waals surface area contributed by atoms with Gasteiger partial charge in [0.05, 0.1) is 11.8 Å². The van der Waals surface area contributed by atoms with E-state index in [4.69, 9.17) is 10.5 Å². The highest BCUT2D eigenvalue weighted by molar-refractivity contribution is 5.73. The summed E-state index contributed by atoms with van der Waals surface area (Å²) in [7, 11) is 0. The maximum atomic E-state index is 12.8. The second kappa shape index (κ2) is 9.69. The zero-order valence-electron chi connectivity index (χ0n) is 17.2. The maximum absolute atomic E-state index is 12.8. The molecule has 4 nitrogen and oxygen atoms in total. The molecule has 2 aromatic rings. The number of nitrogens with two attached hydrogens (primary N) is 1. The van der Waals surface area contributed by atoms with Crippen molar-refractivity contribution in [3.8, 4) is 5.75 Å². The third kappa shape index (κ3) is 6.64. The van der Waals surface area contributed by atoms with Gasteiger partial charge in [-0.05, 0) is 87.4 Å². The molecule has 0 aliphatic heterocycles. The second-order valence-electron chi connectivity index (χ2n) is 7.63. The Morgan fingerprint density at radius 3 is 2.07 bits per heavy atom. The summed E-state index contributed by atoms with van der Waals surface area (Å²) < 4.78 is 18.5. The van der Waals surface area contributed by atoms with Crippen LogP contribution in [-0.4, -0.2) is 17.7 Å². The molecule has 0 bridgehead atoms. The van der Waals surface area contributed by atoms with Gasteiger partial charge >= 0.3 is 0 Å². The predicted octanol–water partition coefficient (Wildman–Crippen LogP) is 4.55. The summed E-state index contributed by atoms with van der Waals surface area (Å²) >= 11 is 0. The lowest BCUT2D eigenvalue weighted by Crippen LogP contribution is -2.57. The maximum Gasteiger partial charge on any atom is 0.218 e. The summed E-state index contributed by atoms with van der Waals surface area (Å²) in [4.78, 5) is 11.1. The van der Waals surface area contributed by atoms with E-state index >= 15 is 0 Å². The highest BCUT2D eigenvalue weighted by Gasteiger charge is 2.33. The number of carbonyl (C=O) groups excluding carboxylic acids is 1. The van der Waals surface area contributed by atoms with Crippen molar-refractivity contribution >= 4 is 5.91 Å². The highest BCUT2D eigenvalue weighted by Crippen LogP contribution is 2.27. The normalized spacial score (nSPS) is 21.3. The number of hydrogen-bond acceptors (Lipinski definition) is 3.